The summed E-state index contributed by atoms with van der Waals surface area (Å²) in [6, 6.07) is 13.5. The third-order valence-electron chi connectivity index (χ3n) is 4.86. The molecule has 0 fully saturated rings. The lowest BCUT2D eigenvalue weighted by Crippen LogP contribution is -2.27. The van der Waals surface area contributed by atoms with Gasteiger partial charge < -0.3 is 5.32 Å². The molecule has 4 rings (SSSR count). The molecule has 0 bridgehead atoms. The molecule has 1 amide bonds. The Morgan fingerprint density at radius 2 is 1.73 bits per heavy atom. The summed E-state index contributed by atoms with van der Waals surface area (Å²) in [4.78, 5) is 21.1. The molecular formula is C22H21N7O. The highest BCUT2D eigenvalue weighted by molar-refractivity contribution is 5.96. The summed E-state index contributed by atoms with van der Waals surface area (Å²) in [5, 5.41) is 14.7. The van der Waals surface area contributed by atoms with Crippen LogP contribution in [0.2, 0.25) is 0 Å². The van der Waals surface area contributed by atoms with E-state index in [2.05, 4.69) is 30.8 Å². The van der Waals surface area contributed by atoms with Gasteiger partial charge in [-0.15, -0.1) is 5.10 Å². The Hall–Kier alpha value is -3.94. The number of tetrazole rings is 1. The number of amides is 1. The van der Waals surface area contributed by atoms with E-state index in [4.69, 9.17) is 0 Å². The zero-order chi connectivity index (χ0) is 21.1. The molecule has 1 unspecified atom stereocenters. The van der Waals surface area contributed by atoms with Crippen molar-refractivity contribution in [3.8, 4) is 16.8 Å². The molecule has 8 heteroatoms. The minimum absolute atomic E-state index is 0.202. The lowest BCUT2D eigenvalue weighted by atomic mass is 10.00. The smallest absolute Gasteiger partial charge is 0.251 e. The van der Waals surface area contributed by atoms with Crippen LogP contribution in [0.15, 0.2) is 61.2 Å². The number of hydrogen-bond acceptors (Lipinski definition) is 6. The van der Waals surface area contributed by atoms with Crippen LogP contribution in [0.5, 0.6) is 0 Å². The van der Waals surface area contributed by atoms with E-state index in [1.165, 1.54) is 11.9 Å². The van der Waals surface area contributed by atoms with Gasteiger partial charge in [-0.25, -0.2) is 9.97 Å². The molecule has 0 aliphatic heterocycles. The second-order valence-corrected chi connectivity index (χ2v) is 7.14. The van der Waals surface area contributed by atoms with Gasteiger partial charge in [-0.05, 0) is 60.5 Å². The summed E-state index contributed by atoms with van der Waals surface area (Å²) >= 11 is 0. The number of aromatic nitrogens is 6. The summed E-state index contributed by atoms with van der Waals surface area (Å²) in [6.45, 7) is 5.75. The van der Waals surface area contributed by atoms with Gasteiger partial charge in [0.15, 0.2) is 5.82 Å². The normalized spacial score (nSPS) is 11.8. The Labute approximate surface area is 174 Å². The van der Waals surface area contributed by atoms with Crippen molar-refractivity contribution in [2.45, 2.75) is 26.8 Å². The van der Waals surface area contributed by atoms with Gasteiger partial charge in [0.25, 0.3) is 5.91 Å². The van der Waals surface area contributed by atoms with Crippen molar-refractivity contribution in [2.24, 2.45) is 0 Å². The van der Waals surface area contributed by atoms with E-state index in [0.717, 1.165) is 22.4 Å². The summed E-state index contributed by atoms with van der Waals surface area (Å²) in [5.41, 5.74) is 5.15. The number of carbonyl (C=O) groups is 1. The molecule has 1 atom stereocenters. The van der Waals surface area contributed by atoms with Gasteiger partial charge in [0.05, 0.1) is 11.7 Å². The minimum Gasteiger partial charge on any atom is -0.345 e. The van der Waals surface area contributed by atoms with Crippen molar-refractivity contribution in [1.82, 2.24) is 35.5 Å². The van der Waals surface area contributed by atoms with Gasteiger partial charge in [-0.2, -0.15) is 4.68 Å². The van der Waals surface area contributed by atoms with Crippen LogP contribution in [0, 0.1) is 13.8 Å². The third-order valence-corrected chi connectivity index (χ3v) is 4.86. The first-order valence-electron chi connectivity index (χ1n) is 9.54. The average molecular weight is 399 g/mol. The maximum absolute atomic E-state index is 13.1. The highest BCUT2D eigenvalue weighted by Crippen LogP contribution is 2.25. The van der Waals surface area contributed by atoms with Gasteiger partial charge >= 0.3 is 0 Å². The number of aryl methyl sites for hydroxylation is 2. The molecule has 2 aromatic carbocycles. The van der Waals surface area contributed by atoms with Crippen LogP contribution in [0.25, 0.3) is 16.8 Å². The third kappa shape index (κ3) is 4.07. The van der Waals surface area contributed by atoms with Crippen molar-refractivity contribution in [2.75, 3.05) is 0 Å². The fourth-order valence-corrected chi connectivity index (χ4v) is 3.15. The first-order chi connectivity index (χ1) is 14.5. The standard InChI is InChI=1S/C22H21N7O/c1-14-4-6-17(7-5-14)18-8-19(10-21(9-18)29-16(3)26-27-28-29)22(30)25-15(2)20-11-23-13-24-12-20/h4-13,15H,1-3H3,(H,25,30). The minimum atomic E-state index is -0.236. The zero-order valence-corrected chi connectivity index (χ0v) is 16.9. The molecule has 2 heterocycles. The van der Waals surface area contributed by atoms with Crippen molar-refractivity contribution < 1.29 is 4.79 Å². The monoisotopic (exact) mass is 399 g/mol. The van der Waals surface area contributed by atoms with Crippen LogP contribution in [-0.4, -0.2) is 36.1 Å². The fraction of sp³-hybridized carbons (Fsp3) is 0.182. The van der Waals surface area contributed by atoms with E-state index < -0.39 is 0 Å². The van der Waals surface area contributed by atoms with Gasteiger partial charge in [0, 0.05) is 23.5 Å². The average Bonchev–Trinajstić information content (AvgIpc) is 3.20. The van der Waals surface area contributed by atoms with E-state index in [-0.39, 0.29) is 11.9 Å². The van der Waals surface area contributed by atoms with Crippen LogP contribution in [0.1, 0.15) is 40.3 Å². The van der Waals surface area contributed by atoms with Crippen LogP contribution in [0.3, 0.4) is 0 Å². The van der Waals surface area contributed by atoms with Crippen molar-refractivity contribution in [1.29, 1.82) is 0 Å². The largest absolute Gasteiger partial charge is 0.345 e. The van der Waals surface area contributed by atoms with Crippen LogP contribution < -0.4 is 5.32 Å². The summed E-state index contributed by atoms with van der Waals surface area (Å²) < 4.78 is 1.61. The quantitative estimate of drug-likeness (QED) is 0.553. The first kappa shape index (κ1) is 19.4. The fourth-order valence-electron chi connectivity index (χ4n) is 3.15. The Kier molecular flexibility index (Phi) is 5.30. The zero-order valence-electron chi connectivity index (χ0n) is 16.9. The van der Waals surface area contributed by atoms with Crippen LogP contribution >= 0.6 is 0 Å². The molecule has 0 radical (unpaired) electrons. The Morgan fingerprint density at radius 3 is 2.40 bits per heavy atom. The lowest BCUT2D eigenvalue weighted by Gasteiger charge is -2.15. The summed E-state index contributed by atoms with van der Waals surface area (Å²) in [5.74, 6) is 0.435. The number of carbonyl (C=O) groups excluding carboxylic acids is 1. The van der Waals surface area contributed by atoms with E-state index >= 15 is 0 Å². The molecular weight excluding hydrogens is 378 g/mol. The second kappa shape index (κ2) is 8.20. The van der Waals surface area contributed by atoms with E-state index in [1.807, 2.05) is 57.2 Å². The predicted octanol–water partition coefficient (Wildman–Crippen LogP) is 3.23. The maximum atomic E-state index is 13.1. The van der Waals surface area contributed by atoms with Crippen molar-refractivity contribution in [3.05, 3.63) is 83.7 Å². The molecule has 1 N–H and O–H groups in total. The number of nitrogens with one attached hydrogen (secondary N) is 1. The van der Waals surface area contributed by atoms with Gasteiger partial charge in [-0.3, -0.25) is 4.79 Å². The van der Waals surface area contributed by atoms with E-state index in [0.29, 0.717) is 11.4 Å². The molecule has 0 saturated heterocycles. The molecule has 30 heavy (non-hydrogen) atoms. The first-order valence-corrected chi connectivity index (χ1v) is 9.54. The molecule has 0 aliphatic rings. The molecule has 4 aromatic rings. The molecule has 2 aromatic heterocycles. The predicted molar refractivity (Wildman–Crippen MR) is 112 cm³/mol. The lowest BCUT2D eigenvalue weighted by molar-refractivity contribution is 0.0940. The maximum Gasteiger partial charge on any atom is 0.251 e. The number of rotatable bonds is 5. The SMILES string of the molecule is Cc1ccc(-c2cc(C(=O)NC(C)c3cncnc3)cc(-n3nnnc3C)c2)cc1. The van der Waals surface area contributed by atoms with Crippen molar-refractivity contribution >= 4 is 5.91 Å². The molecule has 0 spiro atoms. The van der Waals surface area contributed by atoms with E-state index in [1.54, 1.807) is 23.1 Å². The number of hydrogen-bond donors (Lipinski definition) is 1. The Balaban J connectivity index is 1.73. The Bertz CT molecular complexity index is 1170. The molecule has 0 aliphatic carbocycles. The van der Waals surface area contributed by atoms with Crippen LogP contribution in [-0.2, 0) is 0 Å². The number of nitrogens with zero attached hydrogens (tertiary/aromatic N) is 6. The van der Waals surface area contributed by atoms with Crippen LogP contribution in [0.4, 0.5) is 0 Å². The molecule has 0 saturated carbocycles. The van der Waals surface area contributed by atoms with E-state index in [9.17, 15) is 4.79 Å². The topological polar surface area (TPSA) is 98.5 Å². The second-order valence-electron chi connectivity index (χ2n) is 7.14. The van der Waals surface area contributed by atoms with Gasteiger partial charge in [-0.1, -0.05) is 29.8 Å². The molecule has 8 nitrogen and oxygen atoms in total. The Morgan fingerprint density at radius 1 is 1.00 bits per heavy atom. The highest BCUT2D eigenvalue weighted by atomic mass is 16.1. The summed E-state index contributed by atoms with van der Waals surface area (Å²) in [6.07, 6.45) is 4.84. The van der Waals surface area contributed by atoms with Crippen molar-refractivity contribution in [3.63, 3.8) is 0 Å². The van der Waals surface area contributed by atoms with Gasteiger partial charge in [0.1, 0.15) is 6.33 Å². The molecule has 150 valence electrons. The van der Waals surface area contributed by atoms with Gasteiger partial charge in [0.2, 0.25) is 0 Å². The number of benzene rings is 2. The highest BCUT2D eigenvalue weighted by Gasteiger charge is 2.16. The summed E-state index contributed by atoms with van der Waals surface area (Å²) in [7, 11) is 0.